The summed E-state index contributed by atoms with van der Waals surface area (Å²) in [5, 5.41) is 8.52. The van der Waals surface area contributed by atoms with E-state index in [1.54, 1.807) is 16.4 Å². The summed E-state index contributed by atoms with van der Waals surface area (Å²) in [6, 6.07) is 14.0. The molecule has 0 bridgehead atoms. The topological polar surface area (TPSA) is 46.9 Å². The lowest BCUT2D eigenvalue weighted by Crippen LogP contribution is -2.15. The number of carbonyl (C=O) groups is 1. The highest BCUT2D eigenvalue weighted by atomic mass is 35.5. The molecule has 4 rings (SSSR count). The Morgan fingerprint density at radius 1 is 1.15 bits per heavy atom. The zero-order valence-electron chi connectivity index (χ0n) is 15.4. The van der Waals surface area contributed by atoms with Crippen molar-refractivity contribution < 1.29 is 4.79 Å². The summed E-state index contributed by atoms with van der Waals surface area (Å²) in [6.07, 6.45) is 0. The van der Waals surface area contributed by atoms with Gasteiger partial charge in [-0.2, -0.15) is 5.10 Å². The molecule has 1 amide bonds. The van der Waals surface area contributed by atoms with Crippen LogP contribution in [-0.4, -0.2) is 21.4 Å². The fraction of sp³-hybridized carbons (Fsp3) is 0.238. The number of anilines is 1. The molecule has 2 heterocycles. The Morgan fingerprint density at radius 2 is 1.89 bits per heavy atom. The van der Waals surface area contributed by atoms with E-state index in [4.69, 9.17) is 16.7 Å². The molecule has 0 saturated carbocycles. The van der Waals surface area contributed by atoms with E-state index in [1.807, 2.05) is 31.2 Å². The molecule has 0 fully saturated rings. The van der Waals surface area contributed by atoms with E-state index in [0.717, 1.165) is 22.8 Å². The van der Waals surface area contributed by atoms with Crippen LogP contribution in [0.5, 0.6) is 0 Å². The van der Waals surface area contributed by atoms with Crippen LogP contribution in [0, 0.1) is 20.8 Å². The van der Waals surface area contributed by atoms with Crippen LogP contribution in [0.3, 0.4) is 0 Å². The minimum atomic E-state index is -0.0105. The Labute approximate surface area is 167 Å². The number of thioether (sulfide) groups is 1. The van der Waals surface area contributed by atoms with E-state index < -0.39 is 0 Å². The molecule has 0 saturated heterocycles. The molecule has 2 aromatic carbocycles. The zero-order valence-corrected chi connectivity index (χ0v) is 17.0. The molecule has 6 heteroatoms. The smallest absolute Gasteiger partial charge is 0.235 e. The Morgan fingerprint density at radius 3 is 2.59 bits per heavy atom. The van der Waals surface area contributed by atoms with Gasteiger partial charge in [-0.1, -0.05) is 35.4 Å². The Balaban J connectivity index is 1.90. The largest absolute Gasteiger partial charge is 0.310 e. The number of nitrogens with one attached hydrogen (secondary N) is 1. The average Bonchev–Trinajstić information content (AvgIpc) is 2.83. The summed E-state index contributed by atoms with van der Waals surface area (Å²) in [6.45, 7) is 6.22. The molecule has 0 aliphatic carbocycles. The van der Waals surface area contributed by atoms with Crippen molar-refractivity contribution in [1.29, 1.82) is 0 Å². The van der Waals surface area contributed by atoms with Crippen LogP contribution in [0.2, 0.25) is 5.02 Å². The average molecular weight is 398 g/mol. The van der Waals surface area contributed by atoms with Crippen molar-refractivity contribution in [3.8, 4) is 5.69 Å². The third kappa shape index (κ3) is 3.37. The predicted molar refractivity (Wildman–Crippen MR) is 112 cm³/mol. The number of benzene rings is 2. The molecule has 0 spiro atoms. The van der Waals surface area contributed by atoms with Gasteiger partial charge in [0.1, 0.15) is 5.82 Å². The number of aryl methyl sites for hydroxylation is 3. The van der Waals surface area contributed by atoms with Crippen molar-refractivity contribution in [3.05, 3.63) is 75.4 Å². The maximum atomic E-state index is 12.4. The zero-order chi connectivity index (χ0) is 19.1. The number of carbonyl (C=O) groups excluding carboxylic acids is 1. The monoisotopic (exact) mass is 397 g/mol. The summed E-state index contributed by atoms with van der Waals surface area (Å²) in [5.41, 5.74) is 6.54. The van der Waals surface area contributed by atoms with Gasteiger partial charge >= 0.3 is 0 Å². The molecule has 1 aromatic heterocycles. The molecule has 1 aliphatic rings. The number of halogens is 1. The van der Waals surface area contributed by atoms with Crippen molar-refractivity contribution in [3.63, 3.8) is 0 Å². The Hall–Kier alpha value is -2.24. The molecule has 0 radical (unpaired) electrons. The normalized spacial score (nSPS) is 16.6. The number of aromatic nitrogens is 2. The van der Waals surface area contributed by atoms with Gasteiger partial charge in [0.05, 0.1) is 22.4 Å². The van der Waals surface area contributed by atoms with Crippen LogP contribution < -0.4 is 5.32 Å². The third-order valence-corrected chi connectivity index (χ3v) is 6.29. The fourth-order valence-electron chi connectivity index (χ4n) is 3.52. The second kappa shape index (κ2) is 7.06. The van der Waals surface area contributed by atoms with Gasteiger partial charge in [0.2, 0.25) is 5.91 Å². The maximum Gasteiger partial charge on any atom is 0.235 e. The molecule has 4 nitrogen and oxygen atoms in total. The van der Waals surface area contributed by atoms with E-state index in [9.17, 15) is 4.79 Å². The van der Waals surface area contributed by atoms with Crippen molar-refractivity contribution >= 4 is 35.1 Å². The maximum absolute atomic E-state index is 12.4. The van der Waals surface area contributed by atoms with Crippen molar-refractivity contribution in [2.24, 2.45) is 0 Å². The van der Waals surface area contributed by atoms with Gasteiger partial charge in [-0.25, -0.2) is 4.68 Å². The molecule has 1 N–H and O–H groups in total. The van der Waals surface area contributed by atoms with Gasteiger partial charge in [-0.05, 0) is 56.2 Å². The molecule has 1 aliphatic heterocycles. The van der Waals surface area contributed by atoms with Gasteiger partial charge < -0.3 is 5.32 Å². The first-order chi connectivity index (χ1) is 12.9. The summed E-state index contributed by atoms with van der Waals surface area (Å²) in [5.74, 6) is 1.14. The molecule has 1 unspecified atom stereocenters. The highest BCUT2D eigenvalue weighted by molar-refractivity contribution is 8.00. The SMILES string of the molecule is Cc1ccc(C2SCC(=O)Nc3c2c(C)nn3-c2ccc(Cl)cc2)c(C)c1. The minimum absolute atomic E-state index is 0.0105. The van der Waals surface area contributed by atoms with Crippen LogP contribution >= 0.6 is 23.4 Å². The number of nitrogens with zero attached hydrogens (tertiary/aromatic N) is 2. The lowest BCUT2D eigenvalue weighted by atomic mass is 9.98. The number of amides is 1. The molecule has 1 atom stereocenters. The standard InChI is InChI=1S/C21H20ClN3OS/c1-12-4-9-17(13(2)10-12)20-19-14(3)24-25(16-7-5-15(22)6-8-16)21(19)23-18(26)11-27-20/h4-10,20H,11H2,1-3H3,(H,23,26). The first-order valence-electron chi connectivity index (χ1n) is 8.78. The van der Waals surface area contributed by atoms with Crippen molar-refractivity contribution in [2.75, 3.05) is 11.1 Å². The number of fused-ring (bicyclic) bond motifs is 1. The number of hydrogen-bond acceptors (Lipinski definition) is 3. The van der Waals surface area contributed by atoms with Crippen LogP contribution in [0.4, 0.5) is 5.82 Å². The summed E-state index contributed by atoms with van der Waals surface area (Å²) < 4.78 is 1.81. The lowest BCUT2D eigenvalue weighted by molar-refractivity contribution is -0.113. The van der Waals surface area contributed by atoms with Crippen LogP contribution in [-0.2, 0) is 4.79 Å². The van der Waals surface area contributed by atoms with Gasteiger partial charge in [0.25, 0.3) is 0 Å². The van der Waals surface area contributed by atoms with Crippen molar-refractivity contribution in [1.82, 2.24) is 9.78 Å². The number of rotatable bonds is 2. The second-order valence-electron chi connectivity index (χ2n) is 6.84. The molecule has 27 heavy (non-hydrogen) atoms. The van der Waals surface area contributed by atoms with Crippen LogP contribution in [0.1, 0.15) is 33.2 Å². The molecular formula is C21H20ClN3OS. The second-order valence-corrected chi connectivity index (χ2v) is 8.37. The first-order valence-corrected chi connectivity index (χ1v) is 10.2. The van der Waals surface area contributed by atoms with Crippen molar-refractivity contribution in [2.45, 2.75) is 26.0 Å². The Bertz CT molecular complexity index is 1030. The highest BCUT2D eigenvalue weighted by Gasteiger charge is 2.31. The van der Waals surface area contributed by atoms with E-state index in [-0.39, 0.29) is 11.2 Å². The van der Waals surface area contributed by atoms with E-state index in [2.05, 4.69) is 37.4 Å². The molecular weight excluding hydrogens is 378 g/mol. The summed E-state index contributed by atoms with van der Waals surface area (Å²) in [4.78, 5) is 12.4. The minimum Gasteiger partial charge on any atom is -0.310 e. The molecule has 138 valence electrons. The summed E-state index contributed by atoms with van der Waals surface area (Å²) in [7, 11) is 0. The fourth-order valence-corrected chi connectivity index (χ4v) is 4.93. The lowest BCUT2D eigenvalue weighted by Gasteiger charge is -2.18. The van der Waals surface area contributed by atoms with Gasteiger partial charge in [0.15, 0.2) is 0 Å². The highest BCUT2D eigenvalue weighted by Crippen LogP contribution is 2.44. The van der Waals surface area contributed by atoms with E-state index in [1.165, 1.54) is 16.7 Å². The van der Waals surface area contributed by atoms with Crippen LogP contribution in [0.25, 0.3) is 5.69 Å². The first kappa shape index (κ1) is 18.1. The predicted octanol–water partition coefficient (Wildman–Crippen LogP) is 5.23. The third-order valence-electron chi connectivity index (χ3n) is 4.79. The van der Waals surface area contributed by atoms with Gasteiger partial charge in [-0.3, -0.25) is 4.79 Å². The van der Waals surface area contributed by atoms with Gasteiger partial charge in [0, 0.05) is 10.6 Å². The molecule has 3 aromatic rings. The van der Waals surface area contributed by atoms with Gasteiger partial charge in [-0.15, -0.1) is 11.8 Å². The van der Waals surface area contributed by atoms with E-state index in [0.29, 0.717) is 10.8 Å². The number of hydrogen-bond donors (Lipinski definition) is 1. The van der Waals surface area contributed by atoms with E-state index >= 15 is 0 Å². The quantitative estimate of drug-likeness (QED) is 0.644. The van der Waals surface area contributed by atoms with Crippen LogP contribution in [0.15, 0.2) is 42.5 Å². The Kier molecular flexibility index (Phi) is 4.74. The summed E-state index contributed by atoms with van der Waals surface area (Å²) >= 11 is 7.67.